The number of hydrogen-bond donors (Lipinski definition) is 1. The van der Waals surface area contributed by atoms with Crippen molar-refractivity contribution in [3.8, 4) is 0 Å². The average Bonchev–Trinajstić information content (AvgIpc) is 3.16. The molecular formula is C26H41N5O. The molecule has 1 unspecified atom stereocenters. The highest BCUT2D eigenvalue weighted by Gasteiger charge is 2.48. The van der Waals surface area contributed by atoms with Crippen LogP contribution in [-0.2, 0) is 19.4 Å². The fourth-order valence-electron chi connectivity index (χ4n) is 8.13. The van der Waals surface area contributed by atoms with E-state index < -0.39 is 0 Å². The highest BCUT2D eigenvalue weighted by atomic mass is 16.2. The van der Waals surface area contributed by atoms with Crippen LogP contribution >= 0.6 is 0 Å². The van der Waals surface area contributed by atoms with Gasteiger partial charge in [0.25, 0.3) is 5.91 Å². The Hall–Kier alpha value is -1.40. The molecule has 32 heavy (non-hydrogen) atoms. The van der Waals surface area contributed by atoms with Crippen molar-refractivity contribution < 1.29 is 4.79 Å². The summed E-state index contributed by atoms with van der Waals surface area (Å²) in [6.07, 6.45) is 10.7. The largest absolute Gasteiger partial charge is 0.335 e. The van der Waals surface area contributed by atoms with Crippen molar-refractivity contribution in [2.45, 2.75) is 70.9 Å². The molecule has 1 amide bonds. The van der Waals surface area contributed by atoms with E-state index in [1.54, 1.807) is 0 Å². The lowest BCUT2D eigenvalue weighted by Gasteiger charge is -2.54. The molecule has 1 atom stereocenters. The Morgan fingerprint density at radius 2 is 1.72 bits per heavy atom. The number of nitrogens with zero attached hydrogens (tertiary/aromatic N) is 4. The first-order valence-electron chi connectivity index (χ1n) is 13.4. The summed E-state index contributed by atoms with van der Waals surface area (Å²) in [5.41, 5.74) is 3.30. The number of hydrogen-bond acceptors (Lipinski definition) is 4. The molecule has 7 rings (SSSR count). The Morgan fingerprint density at radius 3 is 2.38 bits per heavy atom. The van der Waals surface area contributed by atoms with E-state index in [9.17, 15) is 4.79 Å². The molecule has 1 aliphatic heterocycles. The lowest BCUT2D eigenvalue weighted by atomic mass is 9.52. The zero-order chi connectivity index (χ0) is 21.8. The van der Waals surface area contributed by atoms with Crippen LogP contribution in [0.3, 0.4) is 0 Å². The molecule has 4 bridgehead atoms. The number of likely N-dealkylation sites (N-methyl/N-ethyl adjacent to an activating group) is 1. The number of rotatable bonds is 5. The van der Waals surface area contributed by atoms with Crippen molar-refractivity contribution in [1.29, 1.82) is 0 Å². The van der Waals surface area contributed by atoms with Crippen LogP contribution < -0.4 is 5.32 Å². The molecule has 2 heterocycles. The number of carbonyl (C=O) groups excluding carboxylic acids is 1. The molecular weight excluding hydrogens is 398 g/mol. The monoisotopic (exact) mass is 439 g/mol. The highest BCUT2D eigenvalue weighted by Crippen LogP contribution is 2.56. The van der Waals surface area contributed by atoms with Crippen LogP contribution in [0, 0.1) is 29.6 Å². The smallest absolute Gasteiger partial charge is 0.274 e. The van der Waals surface area contributed by atoms with E-state index in [1.807, 2.05) is 4.90 Å². The molecule has 4 saturated carbocycles. The van der Waals surface area contributed by atoms with E-state index in [-0.39, 0.29) is 5.91 Å². The second-order valence-corrected chi connectivity index (χ2v) is 11.6. The van der Waals surface area contributed by atoms with E-state index >= 15 is 0 Å². The van der Waals surface area contributed by atoms with E-state index in [1.165, 1.54) is 56.3 Å². The quantitative estimate of drug-likeness (QED) is 0.767. The zero-order valence-electron chi connectivity index (χ0n) is 20.1. The van der Waals surface area contributed by atoms with Gasteiger partial charge in [-0.3, -0.25) is 9.48 Å². The highest BCUT2D eigenvalue weighted by molar-refractivity contribution is 5.94. The van der Waals surface area contributed by atoms with Gasteiger partial charge in [-0.25, -0.2) is 0 Å². The standard InChI is InChI=1S/C26H41N5O/c1-3-31-24-5-4-21(27-16-23-19-11-17-10-18(13-19)14-20(23)12-17)15-22(24)25(28-31)26(32)30-8-6-29(2)7-9-30/h17-21,23,27H,3-16H2,1-2H3. The Balaban J connectivity index is 1.14. The summed E-state index contributed by atoms with van der Waals surface area (Å²) in [5.74, 6) is 5.12. The number of aryl methyl sites for hydroxylation is 1. The topological polar surface area (TPSA) is 53.4 Å². The Bertz CT molecular complexity index is 827. The second kappa shape index (κ2) is 8.43. The number of fused-ring (bicyclic) bond motifs is 1. The molecule has 6 aliphatic rings. The molecule has 0 radical (unpaired) electrons. The third kappa shape index (κ3) is 3.71. The summed E-state index contributed by atoms with van der Waals surface area (Å²) >= 11 is 0. The molecule has 1 aromatic heterocycles. The normalized spacial score (nSPS) is 36.5. The Morgan fingerprint density at radius 1 is 1.03 bits per heavy atom. The van der Waals surface area contributed by atoms with Crippen LogP contribution in [-0.4, -0.2) is 71.3 Å². The maximum Gasteiger partial charge on any atom is 0.274 e. The third-order valence-corrected chi connectivity index (χ3v) is 9.70. The van der Waals surface area contributed by atoms with Gasteiger partial charge in [-0.15, -0.1) is 0 Å². The van der Waals surface area contributed by atoms with Crippen LogP contribution in [0.4, 0.5) is 0 Å². The first-order valence-corrected chi connectivity index (χ1v) is 13.4. The minimum absolute atomic E-state index is 0.156. The molecule has 1 saturated heterocycles. The van der Waals surface area contributed by atoms with Crippen LogP contribution in [0.1, 0.15) is 67.2 Å². The summed E-state index contributed by atoms with van der Waals surface area (Å²) < 4.78 is 2.10. The van der Waals surface area contributed by atoms with Crippen molar-refractivity contribution in [3.63, 3.8) is 0 Å². The first kappa shape index (κ1) is 21.2. The maximum absolute atomic E-state index is 13.4. The number of amides is 1. The zero-order valence-corrected chi connectivity index (χ0v) is 20.1. The number of aromatic nitrogens is 2. The van der Waals surface area contributed by atoms with Crippen molar-refractivity contribution >= 4 is 5.91 Å². The molecule has 6 nitrogen and oxygen atoms in total. The summed E-state index contributed by atoms with van der Waals surface area (Å²) in [4.78, 5) is 17.7. The van der Waals surface area contributed by atoms with Crippen LogP contribution in [0.15, 0.2) is 0 Å². The minimum atomic E-state index is 0.156. The van der Waals surface area contributed by atoms with E-state index in [0.29, 0.717) is 6.04 Å². The third-order valence-electron chi connectivity index (χ3n) is 9.70. The van der Waals surface area contributed by atoms with E-state index in [2.05, 4.69) is 28.9 Å². The average molecular weight is 440 g/mol. The predicted molar refractivity (Wildman–Crippen MR) is 126 cm³/mol. The molecule has 0 aromatic carbocycles. The lowest BCUT2D eigenvalue weighted by Crippen LogP contribution is -2.50. The van der Waals surface area contributed by atoms with Crippen LogP contribution in [0.25, 0.3) is 0 Å². The van der Waals surface area contributed by atoms with Crippen molar-refractivity contribution in [3.05, 3.63) is 17.0 Å². The van der Waals surface area contributed by atoms with Gasteiger partial charge in [-0.1, -0.05) is 0 Å². The van der Waals surface area contributed by atoms with Gasteiger partial charge in [0, 0.05) is 50.0 Å². The first-order chi connectivity index (χ1) is 15.6. The SMILES string of the molecule is CCn1nc(C(=O)N2CCN(C)CC2)c2c1CCC(NCC1C3CC4CC(C3)CC1C4)C2. The number of piperazine rings is 1. The van der Waals surface area contributed by atoms with Gasteiger partial charge >= 0.3 is 0 Å². The molecule has 0 spiro atoms. The van der Waals surface area contributed by atoms with Gasteiger partial charge in [0.15, 0.2) is 5.69 Å². The summed E-state index contributed by atoms with van der Waals surface area (Å²) in [5, 5.41) is 8.83. The second-order valence-electron chi connectivity index (χ2n) is 11.6. The molecule has 176 valence electrons. The molecule has 5 fully saturated rings. The fraction of sp³-hybridized carbons (Fsp3) is 0.846. The van der Waals surface area contributed by atoms with Crippen molar-refractivity contribution in [2.75, 3.05) is 39.8 Å². The molecule has 5 aliphatic carbocycles. The van der Waals surface area contributed by atoms with Gasteiger partial charge in [0.1, 0.15) is 0 Å². The Labute approximate surface area is 193 Å². The van der Waals surface area contributed by atoms with Gasteiger partial charge in [0.05, 0.1) is 0 Å². The molecule has 6 heteroatoms. The molecule has 1 aromatic rings. The summed E-state index contributed by atoms with van der Waals surface area (Å²) in [6.45, 7) is 7.74. The van der Waals surface area contributed by atoms with E-state index in [0.717, 1.165) is 80.8 Å². The summed E-state index contributed by atoms with van der Waals surface area (Å²) in [7, 11) is 2.13. The number of carbonyl (C=O) groups is 1. The van der Waals surface area contributed by atoms with Gasteiger partial charge < -0.3 is 15.1 Å². The minimum Gasteiger partial charge on any atom is -0.335 e. The van der Waals surface area contributed by atoms with Crippen molar-refractivity contribution in [1.82, 2.24) is 24.9 Å². The predicted octanol–water partition coefficient (Wildman–Crippen LogP) is 2.81. The van der Waals surface area contributed by atoms with E-state index in [4.69, 9.17) is 5.10 Å². The van der Waals surface area contributed by atoms with Gasteiger partial charge in [-0.2, -0.15) is 5.10 Å². The Kier molecular flexibility index (Phi) is 5.57. The van der Waals surface area contributed by atoms with Gasteiger partial charge in [-0.05, 0) is 101 Å². The summed E-state index contributed by atoms with van der Waals surface area (Å²) in [6, 6.07) is 0.494. The maximum atomic E-state index is 13.4. The fourth-order valence-corrected chi connectivity index (χ4v) is 8.13. The lowest BCUT2D eigenvalue weighted by molar-refractivity contribution is -0.0364. The van der Waals surface area contributed by atoms with Crippen LogP contribution in [0.2, 0.25) is 0 Å². The van der Waals surface area contributed by atoms with Crippen LogP contribution in [0.5, 0.6) is 0 Å². The van der Waals surface area contributed by atoms with Crippen molar-refractivity contribution in [2.24, 2.45) is 29.6 Å². The molecule has 1 N–H and O–H groups in total. The number of nitrogens with one attached hydrogen (secondary N) is 1. The van der Waals surface area contributed by atoms with Gasteiger partial charge in [0.2, 0.25) is 0 Å².